The molecule has 0 aromatic heterocycles. The first kappa shape index (κ1) is 19.3. The van der Waals surface area contributed by atoms with Crippen LogP contribution in [0.25, 0.3) is 0 Å². The summed E-state index contributed by atoms with van der Waals surface area (Å²) >= 11 is 2.15. The van der Waals surface area contributed by atoms with Crippen LogP contribution in [0.5, 0.6) is 0 Å². The Bertz CT molecular complexity index is 783. The molecule has 2 aromatic rings. The topological polar surface area (TPSA) is 55.4 Å². The predicted octanol–water partition coefficient (Wildman–Crippen LogP) is 3.01. The van der Waals surface area contributed by atoms with Crippen LogP contribution in [0.3, 0.4) is 0 Å². The minimum Gasteiger partial charge on any atom is -0.467 e. The Labute approximate surface area is 157 Å². The van der Waals surface area contributed by atoms with Gasteiger partial charge in [0.15, 0.2) is 11.6 Å². The van der Waals surface area contributed by atoms with E-state index in [2.05, 4.69) is 27.9 Å². The van der Waals surface area contributed by atoms with Crippen LogP contribution in [0.4, 0.5) is 8.78 Å². The van der Waals surface area contributed by atoms with Crippen molar-refractivity contribution in [2.24, 2.45) is 0 Å². The van der Waals surface area contributed by atoms with Gasteiger partial charge in [0.05, 0.1) is 13.5 Å². The number of amides is 1. The molecule has 0 unspecified atom stereocenters. The van der Waals surface area contributed by atoms with Crippen molar-refractivity contribution in [1.29, 1.82) is 0 Å². The number of hydrogen-bond acceptors (Lipinski definition) is 3. The third kappa shape index (κ3) is 5.48. The second kappa shape index (κ2) is 8.89. The van der Waals surface area contributed by atoms with Gasteiger partial charge in [0, 0.05) is 9.99 Å². The molecule has 0 spiro atoms. The molecule has 0 bridgehead atoms. The smallest absolute Gasteiger partial charge is 0.328 e. The van der Waals surface area contributed by atoms with Crippen LogP contribution in [-0.4, -0.2) is 25.0 Å². The summed E-state index contributed by atoms with van der Waals surface area (Å²) in [6.07, 6.45) is 0.103. The molecule has 7 heteroatoms. The van der Waals surface area contributed by atoms with E-state index >= 15 is 0 Å². The zero-order chi connectivity index (χ0) is 18.4. The molecule has 0 saturated carbocycles. The maximum atomic E-state index is 13.2. The fourth-order valence-corrected chi connectivity index (χ4v) is 2.91. The van der Waals surface area contributed by atoms with E-state index in [4.69, 9.17) is 4.74 Å². The summed E-state index contributed by atoms with van der Waals surface area (Å²) in [5.74, 6) is -3.05. The zero-order valence-electron chi connectivity index (χ0n) is 13.4. The number of ether oxygens (including phenoxy) is 1. The molecule has 1 N–H and O–H groups in total. The van der Waals surface area contributed by atoms with Gasteiger partial charge in [-0.1, -0.05) is 24.3 Å². The molecular formula is C18H16F2INO3. The molecule has 2 rings (SSSR count). The molecule has 0 heterocycles. The molecule has 25 heavy (non-hydrogen) atoms. The molecule has 132 valence electrons. The van der Waals surface area contributed by atoms with E-state index in [0.717, 1.165) is 21.3 Å². The molecule has 1 atom stereocenters. The fraction of sp³-hybridized carbons (Fsp3) is 0.222. The summed E-state index contributed by atoms with van der Waals surface area (Å²) in [6.45, 7) is 0. The second-order valence-electron chi connectivity index (χ2n) is 5.36. The molecule has 2 aromatic carbocycles. The van der Waals surface area contributed by atoms with Crippen LogP contribution in [0.2, 0.25) is 0 Å². The highest BCUT2D eigenvalue weighted by atomic mass is 127. The van der Waals surface area contributed by atoms with E-state index in [1.165, 1.54) is 13.2 Å². The third-order valence-corrected chi connectivity index (χ3v) is 4.60. The van der Waals surface area contributed by atoms with E-state index < -0.39 is 29.6 Å². The zero-order valence-corrected chi connectivity index (χ0v) is 15.5. The molecule has 1 amide bonds. The standard InChI is InChI=1S/C18H16F2INO3/c1-25-18(24)16(10-12-4-2-3-5-15(12)21)22-17(23)9-11-6-7-13(19)14(20)8-11/h2-8,16H,9-10H2,1H3,(H,22,23)/t16-/m1/s1. The van der Waals surface area contributed by atoms with Gasteiger partial charge in [0.25, 0.3) is 0 Å². The van der Waals surface area contributed by atoms with Crippen molar-refractivity contribution in [3.05, 3.63) is 68.8 Å². The molecule has 0 aliphatic heterocycles. The highest BCUT2D eigenvalue weighted by Crippen LogP contribution is 2.14. The number of nitrogens with one attached hydrogen (secondary N) is 1. The minimum atomic E-state index is -1.02. The van der Waals surface area contributed by atoms with Gasteiger partial charge in [-0.15, -0.1) is 0 Å². The maximum absolute atomic E-state index is 13.2. The van der Waals surface area contributed by atoms with Crippen molar-refractivity contribution < 1.29 is 23.1 Å². The largest absolute Gasteiger partial charge is 0.467 e. The normalized spacial score (nSPS) is 11.7. The quantitative estimate of drug-likeness (QED) is 0.534. The van der Waals surface area contributed by atoms with Crippen molar-refractivity contribution in [3.63, 3.8) is 0 Å². The van der Waals surface area contributed by atoms with Gasteiger partial charge in [-0.25, -0.2) is 13.6 Å². The van der Waals surface area contributed by atoms with Crippen molar-refractivity contribution in [2.45, 2.75) is 18.9 Å². The van der Waals surface area contributed by atoms with E-state index in [-0.39, 0.29) is 12.8 Å². The lowest BCUT2D eigenvalue weighted by Crippen LogP contribution is -2.43. The summed E-state index contributed by atoms with van der Waals surface area (Å²) in [4.78, 5) is 24.1. The average Bonchev–Trinajstić information content (AvgIpc) is 2.58. The van der Waals surface area contributed by atoms with Crippen molar-refractivity contribution in [3.8, 4) is 0 Å². The summed E-state index contributed by atoms with van der Waals surface area (Å²) in [5, 5.41) is 2.59. The Morgan fingerprint density at radius 1 is 1.16 bits per heavy atom. The minimum absolute atomic E-state index is 0.170. The highest BCUT2D eigenvalue weighted by Gasteiger charge is 2.23. The van der Waals surface area contributed by atoms with Gasteiger partial charge in [-0.05, 0) is 51.9 Å². The summed E-state index contributed by atoms with van der Waals surface area (Å²) in [6, 6.07) is 9.86. The number of halogens is 3. The number of carbonyl (C=O) groups excluding carboxylic acids is 2. The second-order valence-corrected chi connectivity index (χ2v) is 6.53. The van der Waals surface area contributed by atoms with Crippen LogP contribution in [0, 0.1) is 15.2 Å². The Hall–Kier alpha value is -2.03. The maximum Gasteiger partial charge on any atom is 0.328 e. The molecule has 0 radical (unpaired) electrons. The van der Waals surface area contributed by atoms with Gasteiger partial charge in [-0.3, -0.25) is 4.79 Å². The number of benzene rings is 2. The summed E-state index contributed by atoms with van der Waals surface area (Å²) < 4.78 is 31.9. The Morgan fingerprint density at radius 3 is 2.52 bits per heavy atom. The lowest BCUT2D eigenvalue weighted by atomic mass is 10.1. The first-order valence-electron chi connectivity index (χ1n) is 7.45. The lowest BCUT2D eigenvalue weighted by Gasteiger charge is -2.17. The molecule has 0 aliphatic carbocycles. The van der Waals surface area contributed by atoms with Crippen LogP contribution in [0.1, 0.15) is 11.1 Å². The average molecular weight is 459 g/mol. The van der Waals surface area contributed by atoms with Crippen molar-refractivity contribution in [2.75, 3.05) is 7.11 Å². The monoisotopic (exact) mass is 459 g/mol. The van der Waals surface area contributed by atoms with Crippen LogP contribution >= 0.6 is 22.6 Å². The Kier molecular flexibility index (Phi) is 6.86. The van der Waals surface area contributed by atoms with Crippen LogP contribution in [0.15, 0.2) is 42.5 Å². The SMILES string of the molecule is COC(=O)[C@@H](Cc1ccccc1I)NC(=O)Cc1ccc(F)c(F)c1. The summed E-state index contributed by atoms with van der Waals surface area (Å²) in [5.41, 5.74) is 1.21. The predicted molar refractivity (Wildman–Crippen MR) is 96.9 cm³/mol. The number of esters is 1. The molecule has 0 saturated heterocycles. The first-order valence-corrected chi connectivity index (χ1v) is 8.53. The first-order chi connectivity index (χ1) is 11.9. The van der Waals surface area contributed by atoms with Gasteiger partial charge < -0.3 is 10.1 Å². The van der Waals surface area contributed by atoms with Crippen molar-refractivity contribution in [1.82, 2.24) is 5.32 Å². The molecule has 0 fully saturated rings. The van der Waals surface area contributed by atoms with E-state index in [0.29, 0.717) is 5.56 Å². The van der Waals surface area contributed by atoms with Crippen molar-refractivity contribution >= 4 is 34.5 Å². The lowest BCUT2D eigenvalue weighted by molar-refractivity contribution is -0.145. The van der Waals surface area contributed by atoms with Gasteiger partial charge in [0.1, 0.15) is 6.04 Å². The van der Waals surface area contributed by atoms with Gasteiger partial charge >= 0.3 is 5.97 Å². The number of carbonyl (C=O) groups is 2. The molecular weight excluding hydrogens is 443 g/mol. The number of methoxy groups -OCH3 is 1. The van der Waals surface area contributed by atoms with E-state index in [9.17, 15) is 18.4 Å². The third-order valence-electron chi connectivity index (χ3n) is 3.55. The van der Waals surface area contributed by atoms with Crippen LogP contribution in [-0.2, 0) is 27.2 Å². The number of hydrogen-bond donors (Lipinski definition) is 1. The Morgan fingerprint density at radius 2 is 1.88 bits per heavy atom. The van der Waals surface area contributed by atoms with Crippen LogP contribution < -0.4 is 5.32 Å². The van der Waals surface area contributed by atoms with Gasteiger partial charge in [-0.2, -0.15) is 0 Å². The fourth-order valence-electron chi connectivity index (χ4n) is 2.30. The molecule has 4 nitrogen and oxygen atoms in total. The highest BCUT2D eigenvalue weighted by molar-refractivity contribution is 14.1. The number of rotatable bonds is 6. The summed E-state index contributed by atoms with van der Waals surface area (Å²) in [7, 11) is 1.24. The van der Waals surface area contributed by atoms with E-state index in [1.54, 1.807) is 0 Å². The molecule has 0 aliphatic rings. The Balaban J connectivity index is 2.08. The van der Waals surface area contributed by atoms with E-state index in [1.807, 2.05) is 24.3 Å². The van der Waals surface area contributed by atoms with Gasteiger partial charge in [0.2, 0.25) is 5.91 Å².